The summed E-state index contributed by atoms with van der Waals surface area (Å²) < 4.78 is 11.2. The standard InChI is InChI=1S/C17H24O2/c1(4-10-16-11-5-3-6-12-16)2-8-14-18-17-13-7-9-15-19-17/h1,3-6,11-12,17H,2,7-10,13-15H2/b4-1+. The van der Waals surface area contributed by atoms with Crippen molar-refractivity contribution in [1.29, 1.82) is 0 Å². The lowest BCUT2D eigenvalue weighted by Crippen LogP contribution is -2.22. The van der Waals surface area contributed by atoms with E-state index in [0.717, 1.165) is 38.9 Å². The predicted molar refractivity (Wildman–Crippen MR) is 78.1 cm³/mol. The molecule has 1 heterocycles. The van der Waals surface area contributed by atoms with E-state index in [-0.39, 0.29) is 6.29 Å². The number of benzene rings is 1. The maximum Gasteiger partial charge on any atom is 0.157 e. The van der Waals surface area contributed by atoms with Crippen LogP contribution in [0.1, 0.15) is 37.7 Å². The van der Waals surface area contributed by atoms with Gasteiger partial charge in [0, 0.05) is 6.61 Å². The Morgan fingerprint density at radius 2 is 2.05 bits per heavy atom. The quantitative estimate of drug-likeness (QED) is 0.542. The highest BCUT2D eigenvalue weighted by Gasteiger charge is 2.12. The van der Waals surface area contributed by atoms with Gasteiger partial charge in [0.05, 0.1) is 6.61 Å². The van der Waals surface area contributed by atoms with Crippen LogP contribution in [0.4, 0.5) is 0 Å². The van der Waals surface area contributed by atoms with Gasteiger partial charge >= 0.3 is 0 Å². The van der Waals surface area contributed by atoms with Gasteiger partial charge in [0.15, 0.2) is 6.29 Å². The minimum atomic E-state index is 0.0575. The molecule has 0 spiro atoms. The van der Waals surface area contributed by atoms with Gasteiger partial charge in [-0.15, -0.1) is 0 Å². The second kappa shape index (κ2) is 8.89. The van der Waals surface area contributed by atoms with Crippen molar-refractivity contribution in [2.45, 2.75) is 44.8 Å². The fourth-order valence-corrected chi connectivity index (χ4v) is 2.21. The fourth-order valence-electron chi connectivity index (χ4n) is 2.21. The molecule has 1 atom stereocenters. The van der Waals surface area contributed by atoms with Crippen LogP contribution in [0.2, 0.25) is 0 Å². The average molecular weight is 260 g/mol. The average Bonchev–Trinajstić information content (AvgIpc) is 2.48. The van der Waals surface area contributed by atoms with Crippen LogP contribution in [-0.2, 0) is 15.9 Å². The molecule has 2 heteroatoms. The lowest BCUT2D eigenvalue weighted by molar-refractivity contribution is -0.162. The summed E-state index contributed by atoms with van der Waals surface area (Å²) in [7, 11) is 0. The maximum atomic E-state index is 5.69. The van der Waals surface area contributed by atoms with Crippen molar-refractivity contribution in [3.05, 3.63) is 48.0 Å². The molecule has 2 nitrogen and oxygen atoms in total. The van der Waals surface area contributed by atoms with Crippen LogP contribution in [-0.4, -0.2) is 19.5 Å². The van der Waals surface area contributed by atoms with Crippen LogP contribution in [0.5, 0.6) is 0 Å². The van der Waals surface area contributed by atoms with Gasteiger partial charge in [0.1, 0.15) is 0 Å². The lowest BCUT2D eigenvalue weighted by Gasteiger charge is -2.22. The van der Waals surface area contributed by atoms with E-state index in [1.165, 1.54) is 18.4 Å². The molecule has 1 unspecified atom stereocenters. The highest BCUT2D eigenvalue weighted by atomic mass is 16.7. The molecule has 0 N–H and O–H groups in total. The molecule has 1 aliphatic rings. The van der Waals surface area contributed by atoms with Gasteiger partial charge < -0.3 is 9.47 Å². The molecular formula is C17H24O2. The molecule has 1 aliphatic heterocycles. The molecule has 0 bridgehead atoms. The Morgan fingerprint density at radius 1 is 1.16 bits per heavy atom. The summed E-state index contributed by atoms with van der Waals surface area (Å²) in [6, 6.07) is 10.5. The van der Waals surface area contributed by atoms with Gasteiger partial charge in [-0.3, -0.25) is 0 Å². The minimum Gasteiger partial charge on any atom is -0.353 e. The molecule has 0 aliphatic carbocycles. The van der Waals surface area contributed by atoms with Crippen molar-refractivity contribution >= 4 is 0 Å². The van der Waals surface area contributed by atoms with Crippen LogP contribution in [0.3, 0.4) is 0 Å². The Bertz CT molecular complexity index is 353. The Hall–Kier alpha value is -1.12. The van der Waals surface area contributed by atoms with E-state index < -0.39 is 0 Å². The first-order chi connectivity index (χ1) is 9.45. The Balaban J connectivity index is 1.49. The second-order valence-electron chi connectivity index (χ2n) is 4.97. The zero-order valence-electron chi connectivity index (χ0n) is 11.6. The number of hydrogen-bond acceptors (Lipinski definition) is 2. The molecule has 1 fully saturated rings. The Morgan fingerprint density at radius 3 is 2.84 bits per heavy atom. The van der Waals surface area contributed by atoms with Crippen molar-refractivity contribution in [2.24, 2.45) is 0 Å². The van der Waals surface area contributed by atoms with Crippen LogP contribution in [0, 0.1) is 0 Å². The highest BCUT2D eigenvalue weighted by Crippen LogP contribution is 2.14. The largest absolute Gasteiger partial charge is 0.353 e. The van der Waals surface area contributed by atoms with Crippen LogP contribution in [0.15, 0.2) is 42.5 Å². The van der Waals surface area contributed by atoms with Crippen molar-refractivity contribution < 1.29 is 9.47 Å². The summed E-state index contributed by atoms with van der Waals surface area (Å²) in [6.07, 6.45) is 11.2. The molecule has 2 rings (SSSR count). The van der Waals surface area contributed by atoms with Gasteiger partial charge in [-0.2, -0.15) is 0 Å². The first-order valence-electron chi connectivity index (χ1n) is 7.37. The van der Waals surface area contributed by atoms with Crippen molar-refractivity contribution in [1.82, 2.24) is 0 Å². The third-order valence-corrected chi connectivity index (χ3v) is 3.32. The van der Waals surface area contributed by atoms with Gasteiger partial charge in [0.25, 0.3) is 0 Å². The molecule has 1 aromatic rings. The third-order valence-electron chi connectivity index (χ3n) is 3.32. The number of rotatable bonds is 7. The molecule has 0 aromatic heterocycles. The number of unbranched alkanes of at least 4 members (excludes halogenated alkanes) is 1. The van der Waals surface area contributed by atoms with E-state index >= 15 is 0 Å². The summed E-state index contributed by atoms with van der Waals surface area (Å²) in [5.74, 6) is 0. The van der Waals surface area contributed by atoms with Crippen molar-refractivity contribution in [2.75, 3.05) is 13.2 Å². The lowest BCUT2D eigenvalue weighted by atomic mass is 10.1. The number of allylic oxidation sites excluding steroid dienone is 2. The monoisotopic (exact) mass is 260 g/mol. The summed E-state index contributed by atoms with van der Waals surface area (Å²) in [5.41, 5.74) is 1.37. The second-order valence-corrected chi connectivity index (χ2v) is 4.97. The third kappa shape index (κ3) is 6.04. The van der Waals surface area contributed by atoms with Gasteiger partial charge in [0.2, 0.25) is 0 Å². The summed E-state index contributed by atoms with van der Waals surface area (Å²) in [6.45, 7) is 1.67. The first-order valence-corrected chi connectivity index (χ1v) is 7.37. The predicted octanol–water partition coefficient (Wildman–Crippen LogP) is 4.11. The maximum absolute atomic E-state index is 5.69. The van der Waals surface area contributed by atoms with Gasteiger partial charge in [-0.1, -0.05) is 42.5 Å². The number of hydrogen-bond donors (Lipinski definition) is 0. The minimum absolute atomic E-state index is 0.0575. The number of ether oxygens (including phenoxy) is 2. The zero-order valence-corrected chi connectivity index (χ0v) is 11.6. The van der Waals surface area contributed by atoms with Crippen LogP contribution >= 0.6 is 0 Å². The van der Waals surface area contributed by atoms with E-state index in [1.807, 2.05) is 0 Å². The molecule has 19 heavy (non-hydrogen) atoms. The normalized spacial score (nSPS) is 19.9. The molecule has 0 saturated carbocycles. The van der Waals surface area contributed by atoms with E-state index in [4.69, 9.17) is 9.47 Å². The molecule has 0 radical (unpaired) electrons. The van der Waals surface area contributed by atoms with Crippen molar-refractivity contribution in [3.63, 3.8) is 0 Å². The summed E-state index contributed by atoms with van der Waals surface area (Å²) in [5, 5.41) is 0. The van der Waals surface area contributed by atoms with E-state index in [0.29, 0.717) is 0 Å². The topological polar surface area (TPSA) is 18.5 Å². The Kier molecular flexibility index (Phi) is 6.69. The van der Waals surface area contributed by atoms with Crippen LogP contribution in [0.25, 0.3) is 0 Å². The molecular weight excluding hydrogens is 236 g/mol. The SMILES string of the molecule is C(=C\Cc1ccccc1)/CCCOC1CCCCO1. The summed E-state index contributed by atoms with van der Waals surface area (Å²) in [4.78, 5) is 0. The fraction of sp³-hybridized carbons (Fsp3) is 0.529. The molecule has 1 saturated heterocycles. The Labute approximate surface area is 116 Å². The van der Waals surface area contributed by atoms with Crippen LogP contribution < -0.4 is 0 Å². The van der Waals surface area contributed by atoms with E-state index in [1.54, 1.807) is 0 Å². The first kappa shape index (κ1) is 14.3. The van der Waals surface area contributed by atoms with Gasteiger partial charge in [-0.05, 0) is 44.1 Å². The highest BCUT2D eigenvalue weighted by molar-refractivity contribution is 5.17. The smallest absolute Gasteiger partial charge is 0.157 e. The summed E-state index contributed by atoms with van der Waals surface area (Å²) >= 11 is 0. The molecule has 1 aromatic carbocycles. The van der Waals surface area contributed by atoms with E-state index in [2.05, 4.69) is 42.5 Å². The zero-order chi connectivity index (χ0) is 13.2. The van der Waals surface area contributed by atoms with Crippen molar-refractivity contribution in [3.8, 4) is 0 Å². The van der Waals surface area contributed by atoms with Gasteiger partial charge in [-0.25, -0.2) is 0 Å². The molecule has 104 valence electrons. The van der Waals surface area contributed by atoms with E-state index in [9.17, 15) is 0 Å². The molecule has 0 amide bonds.